The zero-order valence-corrected chi connectivity index (χ0v) is 20.6. The lowest BCUT2D eigenvalue weighted by Gasteiger charge is -2.43. The second-order valence-corrected chi connectivity index (χ2v) is 10.6. The van der Waals surface area contributed by atoms with Gasteiger partial charge in [-0.05, 0) is 68.1 Å². The topological polar surface area (TPSA) is 93.1 Å². The number of hydrogen-bond acceptors (Lipinski definition) is 6. The molecule has 1 fully saturated rings. The SMILES string of the molecule is CC#CCOc1ccc(S(=O)(=O)C2(C(=O)O)CCN(Cc3ccc(OC)cc3)C(CC)C2)cc1. The Labute approximate surface area is 201 Å². The van der Waals surface area contributed by atoms with Crippen molar-refractivity contribution in [2.45, 2.75) is 55.3 Å². The normalized spacial score (nSPS) is 20.7. The minimum absolute atomic E-state index is 0.0118. The van der Waals surface area contributed by atoms with E-state index in [9.17, 15) is 18.3 Å². The van der Waals surface area contributed by atoms with Crippen LogP contribution in [0.25, 0.3) is 0 Å². The lowest BCUT2D eigenvalue weighted by Crippen LogP contribution is -2.57. The largest absolute Gasteiger partial charge is 0.497 e. The number of carboxylic acid groups (broad SMARTS) is 1. The molecule has 182 valence electrons. The first-order valence-electron chi connectivity index (χ1n) is 11.2. The Kier molecular flexibility index (Phi) is 8.24. The number of carbonyl (C=O) groups is 1. The van der Waals surface area contributed by atoms with Gasteiger partial charge in [-0.25, -0.2) is 8.42 Å². The Morgan fingerprint density at radius 1 is 1.15 bits per heavy atom. The Balaban J connectivity index is 1.83. The van der Waals surface area contributed by atoms with Crippen LogP contribution in [0, 0.1) is 11.8 Å². The van der Waals surface area contributed by atoms with E-state index in [1.54, 1.807) is 14.0 Å². The van der Waals surface area contributed by atoms with E-state index in [-0.39, 0.29) is 30.4 Å². The minimum atomic E-state index is -4.14. The van der Waals surface area contributed by atoms with Crippen LogP contribution in [0.5, 0.6) is 11.5 Å². The first-order chi connectivity index (χ1) is 16.3. The van der Waals surface area contributed by atoms with E-state index in [0.29, 0.717) is 25.3 Å². The molecule has 1 heterocycles. The number of sulfone groups is 1. The van der Waals surface area contributed by atoms with Crippen LogP contribution in [0.2, 0.25) is 0 Å². The van der Waals surface area contributed by atoms with Gasteiger partial charge in [-0.15, -0.1) is 5.92 Å². The van der Waals surface area contributed by atoms with E-state index in [2.05, 4.69) is 16.7 Å². The van der Waals surface area contributed by atoms with Crippen molar-refractivity contribution in [1.82, 2.24) is 4.90 Å². The van der Waals surface area contributed by atoms with Crippen LogP contribution >= 0.6 is 0 Å². The molecule has 0 bridgehead atoms. The molecule has 2 unspecified atom stereocenters. The van der Waals surface area contributed by atoms with Crippen molar-refractivity contribution in [2.75, 3.05) is 20.3 Å². The number of carboxylic acids is 1. The molecule has 0 amide bonds. The summed E-state index contributed by atoms with van der Waals surface area (Å²) in [4.78, 5) is 14.6. The zero-order valence-electron chi connectivity index (χ0n) is 19.8. The number of aliphatic carboxylic acids is 1. The minimum Gasteiger partial charge on any atom is -0.497 e. The third-order valence-corrected chi connectivity index (χ3v) is 8.89. The van der Waals surface area contributed by atoms with Crippen LogP contribution < -0.4 is 9.47 Å². The molecule has 0 saturated carbocycles. The summed E-state index contributed by atoms with van der Waals surface area (Å²) in [5, 5.41) is 10.2. The molecule has 3 rings (SSSR count). The summed E-state index contributed by atoms with van der Waals surface area (Å²) >= 11 is 0. The third kappa shape index (κ3) is 5.21. The molecule has 0 radical (unpaired) electrons. The number of benzene rings is 2. The summed E-state index contributed by atoms with van der Waals surface area (Å²) in [5.41, 5.74) is 1.06. The summed E-state index contributed by atoms with van der Waals surface area (Å²) in [7, 11) is -2.53. The number of piperidine rings is 1. The molecule has 2 atom stereocenters. The molecule has 1 aliphatic heterocycles. The zero-order chi connectivity index (χ0) is 24.8. The number of hydrogen-bond donors (Lipinski definition) is 1. The molecule has 2 aromatic carbocycles. The molecule has 0 aromatic heterocycles. The number of likely N-dealkylation sites (tertiary alicyclic amines) is 1. The molecule has 34 heavy (non-hydrogen) atoms. The fourth-order valence-corrected chi connectivity index (χ4v) is 6.33. The van der Waals surface area contributed by atoms with Crippen LogP contribution in [-0.4, -0.2) is 55.4 Å². The van der Waals surface area contributed by atoms with E-state index in [1.807, 2.05) is 31.2 Å². The quantitative estimate of drug-likeness (QED) is 0.541. The molecule has 1 aliphatic rings. The van der Waals surface area contributed by atoms with Gasteiger partial charge in [0.1, 0.15) is 18.1 Å². The summed E-state index contributed by atoms with van der Waals surface area (Å²) < 4.78 is 36.1. The van der Waals surface area contributed by atoms with Gasteiger partial charge in [0.15, 0.2) is 14.6 Å². The molecule has 2 aromatic rings. The maximum absolute atomic E-state index is 13.6. The van der Waals surface area contributed by atoms with Crippen LogP contribution in [0.3, 0.4) is 0 Å². The highest BCUT2D eigenvalue weighted by molar-refractivity contribution is 7.93. The monoisotopic (exact) mass is 485 g/mol. The molecule has 8 heteroatoms. The van der Waals surface area contributed by atoms with E-state index in [1.165, 1.54) is 24.3 Å². The second kappa shape index (κ2) is 10.9. The van der Waals surface area contributed by atoms with Crippen molar-refractivity contribution in [3.8, 4) is 23.3 Å². The van der Waals surface area contributed by atoms with Crippen LogP contribution in [-0.2, 0) is 21.2 Å². The smallest absolute Gasteiger partial charge is 0.325 e. The Hall–Kier alpha value is -3.02. The lowest BCUT2D eigenvalue weighted by molar-refractivity contribution is -0.142. The number of ether oxygens (including phenoxy) is 2. The highest BCUT2D eigenvalue weighted by atomic mass is 32.2. The molecule has 1 saturated heterocycles. The van der Waals surface area contributed by atoms with E-state index in [0.717, 1.165) is 11.3 Å². The van der Waals surface area contributed by atoms with Gasteiger partial charge in [0.05, 0.1) is 12.0 Å². The van der Waals surface area contributed by atoms with Crippen molar-refractivity contribution in [3.05, 3.63) is 54.1 Å². The standard InChI is InChI=1S/C26H31NO6S/c1-4-6-17-33-23-11-13-24(14-12-23)34(30,31)26(25(28)29)15-16-27(21(5-2)18-26)19-20-7-9-22(32-3)10-8-20/h7-14,21H,5,15-19H2,1-3H3,(H,28,29). The van der Waals surface area contributed by atoms with E-state index < -0.39 is 20.6 Å². The first-order valence-corrected chi connectivity index (χ1v) is 12.7. The Bertz CT molecular complexity index is 1150. The van der Waals surface area contributed by atoms with Crippen molar-refractivity contribution >= 4 is 15.8 Å². The average Bonchev–Trinajstić information content (AvgIpc) is 2.85. The summed E-state index contributed by atoms with van der Waals surface area (Å²) in [5.74, 6) is 5.44. The predicted octanol–water partition coefficient (Wildman–Crippen LogP) is 3.77. The highest BCUT2D eigenvalue weighted by Gasteiger charge is 2.55. The molecule has 0 spiro atoms. The average molecular weight is 486 g/mol. The number of rotatable bonds is 9. The van der Waals surface area contributed by atoms with Crippen molar-refractivity contribution < 1.29 is 27.8 Å². The van der Waals surface area contributed by atoms with Crippen LogP contribution in [0.15, 0.2) is 53.4 Å². The molecule has 1 N–H and O–H groups in total. The van der Waals surface area contributed by atoms with Gasteiger partial charge in [-0.2, -0.15) is 0 Å². The van der Waals surface area contributed by atoms with Crippen molar-refractivity contribution in [3.63, 3.8) is 0 Å². The van der Waals surface area contributed by atoms with E-state index >= 15 is 0 Å². The van der Waals surface area contributed by atoms with Crippen LogP contribution in [0.1, 0.15) is 38.7 Å². The van der Waals surface area contributed by atoms with Gasteiger partial charge < -0.3 is 14.6 Å². The fourth-order valence-electron chi connectivity index (χ4n) is 4.38. The predicted molar refractivity (Wildman–Crippen MR) is 130 cm³/mol. The maximum Gasteiger partial charge on any atom is 0.325 e. The summed E-state index contributed by atoms with van der Waals surface area (Å²) in [6.07, 6.45) is 0.690. The summed E-state index contributed by atoms with van der Waals surface area (Å²) in [6.45, 7) is 4.85. The van der Waals surface area contributed by atoms with Crippen molar-refractivity contribution in [2.24, 2.45) is 0 Å². The molecular weight excluding hydrogens is 454 g/mol. The van der Waals surface area contributed by atoms with Gasteiger partial charge in [0.2, 0.25) is 0 Å². The Morgan fingerprint density at radius 3 is 2.35 bits per heavy atom. The van der Waals surface area contributed by atoms with Gasteiger partial charge in [0.25, 0.3) is 0 Å². The van der Waals surface area contributed by atoms with Gasteiger partial charge in [-0.3, -0.25) is 9.69 Å². The number of methoxy groups -OCH3 is 1. The van der Waals surface area contributed by atoms with Crippen LogP contribution in [0.4, 0.5) is 0 Å². The second-order valence-electron chi connectivity index (χ2n) is 8.32. The van der Waals surface area contributed by atoms with Gasteiger partial charge in [-0.1, -0.05) is 25.0 Å². The Morgan fingerprint density at radius 2 is 1.79 bits per heavy atom. The lowest BCUT2D eigenvalue weighted by atomic mass is 9.88. The molecular formula is C26H31NO6S. The first kappa shape index (κ1) is 25.6. The van der Waals surface area contributed by atoms with Crippen molar-refractivity contribution in [1.29, 1.82) is 0 Å². The van der Waals surface area contributed by atoms with Gasteiger partial charge in [0, 0.05) is 19.1 Å². The van der Waals surface area contributed by atoms with Gasteiger partial charge >= 0.3 is 5.97 Å². The third-order valence-electron chi connectivity index (χ3n) is 6.43. The fraction of sp³-hybridized carbons (Fsp3) is 0.423. The maximum atomic E-state index is 13.6. The highest BCUT2D eigenvalue weighted by Crippen LogP contribution is 2.40. The molecule has 7 nitrogen and oxygen atoms in total. The summed E-state index contributed by atoms with van der Waals surface area (Å²) in [6, 6.07) is 13.4. The number of nitrogens with zero attached hydrogens (tertiary/aromatic N) is 1. The molecule has 0 aliphatic carbocycles. The van der Waals surface area contributed by atoms with E-state index in [4.69, 9.17) is 9.47 Å².